The summed E-state index contributed by atoms with van der Waals surface area (Å²) in [5.41, 5.74) is 0. The fourth-order valence-corrected chi connectivity index (χ4v) is 7.48. The summed E-state index contributed by atoms with van der Waals surface area (Å²) < 4.78 is 63.3. The summed E-state index contributed by atoms with van der Waals surface area (Å²) in [4.78, 5) is 10.7. The van der Waals surface area contributed by atoms with Crippen LogP contribution >= 0.6 is 0 Å². The van der Waals surface area contributed by atoms with Gasteiger partial charge in [-0.25, -0.2) is 26.8 Å². The molecule has 0 bridgehead atoms. The predicted octanol–water partition coefficient (Wildman–Crippen LogP) is 4.73. The lowest BCUT2D eigenvalue weighted by molar-refractivity contribution is 0.384. The topological polar surface area (TPSA) is 122 Å². The lowest BCUT2D eigenvalue weighted by atomic mass is 10.1. The van der Waals surface area contributed by atoms with E-state index in [4.69, 9.17) is 4.74 Å². The van der Waals surface area contributed by atoms with Crippen molar-refractivity contribution in [2.45, 2.75) is 9.79 Å². The quantitative estimate of drug-likeness (QED) is 0.271. The highest BCUT2D eigenvalue weighted by atomic mass is 32.2. The summed E-state index contributed by atoms with van der Waals surface area (Å²) in [6.45, 7) is 1.03. The second-order valence-electron chi connectivity index (χ2n) is 9.59. The number of ether oxygens (including phenoxy) is 1. The summed E-state index contributed by atoms with van der Waals surface area (Å²) in [5, 5.41) is 1.53. The van der Waals surface area contributed by atoms with E-state index in [1.165, 1.54) is 28.8 Å². The van der Waals surface area contributed by atoms with E-state index in [0.717, 1.165) is 5.39 Å². The van der Waals surface area contributed by atoms with E-state index in [0.29, 0.717) is 35.8 Å². The Morgan fingerprint density at radius 1 is 0.667 bits per heavy atom. The monoisotopic (exact) mass is 601 g/mol. The van der Waals surface area contributed by atoms with E-state index in [2.05, 4.69) is 14.7 Å². The molecule has 0 amide bonds. The Balaban J connectivity index is 1.16. The van der Waals surface area contributed by atoms with Crippen LogP contribution in [0.15, 0.2) is 119 Å². The Kier molecular flexibility index (Phi) is 7.50. The van der Waals surface area contributed by atoms with Gasteiger partial charge in [-0.05, 0) is 47.9 Å². The molecule has 1 fully saturated rings. The maximum Gasteiger partial charge on any atom is 0.263 e. The number of aromatic nitrogens is 2. The molecule has 2 heterocycles. The average Bonchev–Trinajstić information content (AvgIpc) is 3.02. The van der Waals surface area contributed by atoms with Crippen LogP contribution in [0.1, 0.15) is 0 Å². The van der Waals surface area contributed by atoms with Crippen molar-refractivity contribution < 1.29 is 21.6 Å². The van der Waals surface area contributed by atoms with Gasteiger partial charge in [0.05, 0.1) is 9.79 Å². The van der Waals surface area contributed by atoms with Crippen LogP contribution in [0.25, 0.3) is 10.8 Å². The van der Waals surface area contributed by atoms with Crippen LogP contribution in [-0.2, 0) is 20.0 Å². The van der Waals surface area contributed by atoms with Gasteiger partial charge in [-0.3, -0.25) is 4.72 Å². The van der Waals surface area contributed by atoms with Crippen molar-refractivity contribution in [3.63, 3.8) is 0 Å². The number of fused-ring (bicyclic) bond motifs is 1. The first-order chi connectivity index (χ1) is 20.3. The Labute approximate surface area is 244 Å². The van der Waals surface area contributed by atoms with E-state index in [1.807, 2.05) is 47.4 Å². The van der Waals surface area contributed by atoms with Crippen LogP contribution in [0.2, 0.25) is 0 Å². The minimum absolute atomic E-state index is 0.0329. The van der Waals surface area contributed by atoms with Crippen LogP contribution in [-0.4, -0.2) is 57.3 Å². The number of hydrogen-bond acceptors (Lipinski definition) is 8. The molecule has 12 heteroatoms. The Hall–Kier alpha value is -4.52. The van der Waals surface area contributed by atoms with E-state index < -0.39 is 20.0 Å². The molecule has 214 valence electrons. The number of hydrogen-bond donors (Lipinski definition) is 1. The number of para-hydroxylation sites is 1. The molecule has 0 atom stereocenters. The molecule has 1 saturated heterocycles. The van der Waals surface area contributed by atoms with Crippen molar-refractivity contribution in [1.82, 2.24) is 14.3 Å². The van der Waals surface area contributed by atoms with Crippen LogP contribution in [0, 0.1) is 0 Å². The van der Waals surface area contributed by atoms with Gasteiger partial charge in [0.2, 0.25) is 10.0 Å². The van der Waals surface area contributed by atoms with Gasteiger partial charge >= 0.3 is 0 Å². The molecule has 1 N–H and O–H groups in total. The maximum atomic E-state index is 13.6. The minimum atomic E-state index is -4.00. The lowest BCUT2D eigenvalue weighted by Crippen LogP contribution is -2.49. The van der Waals surface area contributed by atoms with Crippen molar-refractivity contribution in [1.29, 1.82) is 0 Å². The molecule has 4 aromatic carbocycles. The van der Waals surface area contributed by atoms with E-state index in [1.54, 1.807) is 42.5 Å². The summed E-state index contributed by atoms with van der Waals surface area (Å²) in [7, 11) is -7.74. The second kappa shape index (κ2) is 11.4. The van der Waals surface area contributed by atoms with Crippen LogP contribution in [0.3, 0.4) is 0 Å². The third-order valence-electron chi connectivity index (χ3n) is 6.93. The van der Waals surface area contributed by atoms with Gasteiger partial charge in [-0.15, -0.1) is 0 Å². The van der Waals surface area contributed by atoms with Crippen LogP contribution in [0.5, 0.6) is 11.5 Å². The van der Waals surface area contributed by atoms with Crippen molar-refractivity contribution in [3.05, 3.63) is 109 Å². The largest absolute Gasteiger partial charge is 0.457 e. The highest BCUT2D eigenvalue weighted by Crippen LogP contribution is 2.29. The fraction of sp³-hybridized carbons (Fsp3) is 0.133. The van der Waals surface area contributed by atoms with Crippen molar-refractivity contribution in [3.8, 4) is 11.5 Å². The predicted molar refractivity (Wildman–Crippen MR) is 161 cm³/mol. The zero-order valence-electron chi connectivity index (χ0n) is 22.4. The molecule has 6 rings (SSSR count). The number of rotatable bonds is 8. The fourth-order valence-electron chi connectivity index (χ4n) is 4.83. The summed E-state index contributed by atoms with van der Waals surface area (Å²) in [5.74, 6) is 1.52. The summed E-state index contributed by atoms with van der Waals surface area (Å²) in [6.07, 6.45) is 2.88. The molecule has 1 aromatic heterocycles. The first-order valence-corrected chi connectivity index (χ1v) is 16.1. The molecular formula is C30H27N5O5S2. The smallest absolute Gasteiger partial charge is 0.263 e. The molecule has 0 unspecified atom stereocenters. The molecule has 5 aromatic rings. The van der Waals surface area contributed by atoms with E-state index in [9.17, 15) is 16.8 Å². The Morgan fingerprint density at radius 2 is 1.31 bits per heavy atom. The molecule has 1 aliphatic rings. The molecule has 0 aliphatic carbocycles. The number of sulfonamides is 2. The van der Waals surface area contributed by atoms with Gasteiger partial charge in [0, 0.05) is 44.0 Å². The van der Waals surface area contributed by atoms with Gasteiger partial charge in [0.25, 0.3) is 10.0 Å². The first-order valence-electron chi connectivity index (χ1n) is 13.2. The van der Waals surface area contributed by atoms with E-state index in [-0.39, 0.29) is 28.7 Å². The van der Waals surface area contributed by atoms with Crippen LogP contribution in [0.4, 0.5) is 11.6 Å². The molecular weight excluding hydrogens is 574 g/mol. The third kappa shape index (κ3) is 5.64. The zero-order chi connectivity index (χ0) is 29.2. The van der Waals surface area contributed by atoms with Gasteiger partial charge < -0.3 is 9.64 Å². The van der Waals surface area contributed by atoms with Gasteiger partial charge in [-0.2, -0.15) is 4.31 Å². The van der Waals surface area contributed by atoms with Crippen LogP contribution < -0.4 is 14.4 Å². The molecule has 0 saturated carbocycles. The number of nitrogens with one attached hydrogen (secondary N) is 1. The second-order valence-corrected chi connectivity index (χ2v) is 13.2. The lowest BCUT2D eigenvalue weighted by Gasteiger charge is -2.35. The normalized spacial score (nSPS) is 14.5. The highest BCUT2D eigenvalue weighted by molar-refractivity contribution is 7.92. The van der Waals surface area contributed by atoms with Crippen molar-refractivity contribution >= 4 is 42.5 Å². The molecule has 10 nitrogen and oxygen atoms in total. The zero-order valence-corrected chi connectivity index (χ0v) is 24.0. The number of piperazine rings is 1. The Bertz CT molecular complexity index is 1920. The molecule has 42 heavy (non-hydrogen) atoms. The SMILES string of the molecule is O=S(=O)(Nc1nccnc1N1CCN(S(=O)(=O)c2cccc3ccccc23)CC1)c1ccc(Oc2ccccc2)cc1. The van der Waals surface area contributed by atoms with Gasteiger partial charge in [0.1, 0.15) is 11.5 Å². The van der Waals surface area contributed by atoms with Gasteiger partial charge in [-0.1, -0.05) is 54.6 Å². The number of benzene rings is 4. The molecule has 0 radical (unpaired) electrons. The van der Waals surface area contributed by atoms with Crippen molar-refractivity contribution in [2.24, 2.45) is 0 Å². The van der Waals surface area contributed by atoms with Crippen molar-refractivity contribution in [2.75, 3.05) is 35.8 Å². The van der Waals surface area contributed by atoms with E-state index >= 15 is 0 Å². The maximum absolute atomic E-state index is 13.6. The standard InChI is InChI=1S/C30H27N5O5S2/c36-41(37,26-15-13-25(14-16-26)40-24-9-2-1-3-10-24)33-29-30(32-18-17-31-29)34-19-21-35(22-20-34)42(38,39)28-12-6-8-23-7-4-5-11-27(23)28/h1-18H,19-22H2,(H,31,33). The highest BCUT2D eigenvalue weighted by Gasteiger charge is 2.31. The van der Waals surface area contributed by atoms with Gasteiger partial charge in [0.15, 0.2) is 11.6 Å². The number of nitrogens with zero attached hydrogens (tertiary/aromatic N) is 4. The minimum Gasteiger partial charge on any atom is -0.457 e. The first kappa shape index (κ1) is 27.6. The summed E-state index contributed by atoms with van der Waals surface area (Å²) >= 11 is 0. The molecule has 0 spiro atoms. The average molecular weight is 602 g/mol. The number of anilines is 2. The molecule has 1 aliphatic heterocycles. The third-order valence-corrected chi connectivity index (χ3v) is 10.2. The summed E-state index contributed by atoms with van der Waals surface area (Å²) in [6, 6.07) is 27.9. The Morgan fingerprint density at radius 3 is 2.07 bits per heavy atom.